The molecule has 4 nitrogen and oxygen atoms in total. The smallest absolute Gasteiger partial charge is 0.271 e. The van der Waals surface area contributed by atoms with Crippen LogP contribution in [0.5, 0.6) is 0 Å². The molecule has 3 aromatic rings. The number of pyridine rings is 1. The Balaban J connectivity index is 1.66. The monoisotopic (exact) mass is 311 g/mol. The van der Waals surface area contributed by atoms with E-state index in [1.165, 1.54) is 4.70 Å². The minimum absolute atomic E-state index is 0.110. The fourth-order valence-corrected chi connectivity index (χ4v) is 3.67. The number of aryl methyl sites for hydroxylation is 1. The van der Waals surface area contributed by atoms with Crippen LogP contribution in [0.15, 0.2) is 41.9 Å². The maximum absolute atomic E-state index is 13.0. The Morgan fingerprint density at radius 1 is 1.41 bits per heavy atom. The Labute approximate surface area is 133 Å². The van der Waals surface area contributed by atoms with Crippen LogP contribution in [0.25, 0.3) is 10.2 Å². The number of nitrogens with zero attached hydrogens (tertiary/aromatic N) is 3. The molecule has 1 saturated carbocycles. The van der Waals surface area contributed by atoms with Gasteiger partial charge in [0.2, 0.25) is 0 Å². The number of carbonyl (C=O) groups excluding carboxylic acids is 1. The van der Waals surface area contributed by atoms with Gasteiger partial charge in [0.25, 0.3) is 5.91 Å². The summed E-state index contributed by atoms with van der Waals surface area (Å²) in [7, 11) is 1.97. The van der Waals surface area contributed by atoms with Crippen LogP contribution >= 0.6 is 11.3 Å². The molecule has 1 aliphatic rings. The second-order valence-corrected chi connectivity index (χ2v) is 6.69. The van der Waals surface area contributed by atoms with E-state index >= 15 is 0 Å². The zero-order chi connectivity index (χ0) is 15.1. The van der Waals surface area contributed by atoms with Gasteiger partial charge in [-0.05, 0) is 42.5 Å². The Kier molecular flexibility index (Phi) is 3.22. The van der Waals surface area contributed by atoms with E-state index in [1.807, 2.05) is 40.8 Å². The molecule has 3 heterocycles. The van der Waals surface area contributed by atoms with E-state index in [0.29, 0.717) is 12.6 Å². The third-order valence-electron chi connectivity index (χ3n) is 4.19. The van der Waals surface area contributed by atoms with Crippen molar-refractivity contribution >= 4 is 27.5 Å². The molecule has 0 unspecified atom stereocenters. The van der Waals surface area contributed by atoms with Gasteiger partial charge in [0.1, 0.15) is 5.69 Å². The molecular weight excluding hydrogens is 294 g/mol. The van der Waals surface area contributed by atoms with Gasteiger partial charge in [-0.1, -0.05) is 6.07 Å². The third-order valence-corrected chi connectivity index (χ3v) is 5.04. The molecule has 22 heavy (non-hydrogen) atoms. The van der Waals surface area contributed by atoms with Crippen LogP contribution in [0, 0.1) is 0 Å². The predicted molar refractivity (Wildman–Crippen MR) is 87.9 cm³/mol. The van der Waals surface area contributed by atoms with Crippen LogP contribution in [0.2, 0.25) is 0 Å². The van der Waals surface area contributed by atoms with Gasteiger partial charge >= 0.3 is 0 Å². The van der Waals surface area contributed by atoms with E-state index in [1.54, 1.807) is 17.5 Å². The summed E-state index contributed by atoms with van der Waals surface area (Å²) < 4.78 is 3.17. The molecule has 0 saturated heterocycles. The first-order chi connectivity index (χ1) is 10.7. The summed E-state index contributed by atoms with van der Waals surface area (Å²) in [5.74, 6) is 0.110. The lowest BCUT2D eigenvalue weighted by atomic mass is 10.3. The fourth-order valence-electron chi connectivity index (χ4n) is 2.82. The van der Waals surface area contributed by atoms with Crippen molar-refractivity contribution in [2.24, 2.45) is 7.05 Å². The summed E-state index contributed by atoms with van der Waals surface area (Å²) in [4.78, 5) is 19.3. The summed E-state index contributed by atoms with van der Waals surface area (Å²) >= 11 is 1.68. The highest BCUT2D eigenvalue weighted by Crippen LogP contribution is 2.31. The first kappa shape index (κ1) is 13.5. The molecule has 1 fully saturated rings. The minimum Gasteiger partial charge on any atom is -0.339 e. The first-order valence-corrected chi connectivity index (χ1v) is 8.36. The molecule has 1 amide bonds. The summed E-state index contributed by atoms with van der Waals surface area (Å²) in [6, 6.07) is 10.3. The molecule has 0 spiro atoms. The minimum atomic E-state index is 0.110. The van der Waals surface area contributed by atoms with Crippen LogP contribution in [-0.2, 0) is 13.6 Å². The molecule has 0 atom stereocenters. The molecule has 0 N–H and O–H groups in total. The van der Waals surface area contributed by atoms with Crippen molar-refractivity contribution in [3.8, 4) is 0 Å². The van der Waals surface area contributed by atoms with E-state index in [9.17, 15) is 4.79 Å². The molecular formula is C17H17N3OS. The number of rotatable bonds is 4. The number of fused-ring (bicyclic) bond motifs is 1. The van der Waals surface area contributed by atoms with Gasteiger partial charge in [-0.25, -0.2) is 0 Å². The zero-order valence-corrected chi connectivity index (χ0v) is 13.2. The lowest BCUT2D eigenvalue weighted by Gasteiger charge is -2.22. The zero-order valence-electron chi connectivity index (χ0n) is 12.4. The summed E-state index contributed by atoms with van der Waals surface area (Å²) in [5.41, 5.74) is 2.84. The summed E-state index contributed by atoms with van der Waals surface area (Å²) in [5, 5.41) is 2.06. The van der Waals surface area contributed by atoms with E-state index in [0.717, 1.165) is 29.7 Å². The van der Waals surface area contributed by atoms with E-state index in [2.05, 4.69) is 16.4 Å². The number of hydrogen-bond donors (Lipinski definition) is 0. The van der Waals surface area contributed by atoms with Crippen molar-refractivity contribution in [2.45, 2.75) is 25.4 Å². The average Bonchev–Trinajstić information content (AvgIpc) is 3.19. The topological polar surface area (TPSA) is 38.1 Å². The van der Waals surface area contributed by atoms with Gasteiger partial charge in [0.05, 0.1) is 22.5 Å². The number of hydrogen-bond acceptors (Lipinski definition) is 3. The Morgan fingerprint density at radius 2 is 2.27 bits per heavy atom. The molecule has 0 bridgehead atoms. The van der Waals surface area contributed by atoms with E-state index < -0.39 is 0 Å². The van der Waals surface area contributed by atoms with E-state index in [4.69, 9.17) is 0 Å². The standard InChI is InChI=1S/C17H17N3OS/c1-19-14-7-9-22-16(14)10-15(19)17(21)20(13-5-6-13)11-12-4-2-3-8-18-12/h2-4,7-10,13H,5-6,11H2,1H3. The van der Waals surface area contributed by atoms with Crippen molar-refractivity contribution < 1.29 is 4.79 Å². The maximum Gasteiger partial charge on any atom is 0.271 e. The summed E-state index contributed by atoms with van der Waals surface area (Å²) in [6.07, 6.45) is 3.97. The van der Waals surface area contributed by atoms with Crippen molar-refractivity contribution in [3.05, 3.63) is 53.3 Å². The predicted octanol–water partition coefficient (Wildman–Crippen LogP) is 3.44. The van der Waals surface area contributed by atoms with Gasteiger partial charge < -0.3 is 9.47 Å². The Hall–Kier alpha value is -2.14. The van der Waals surface area contributed by atoms with Gasteiger partial charge in [0.15, 0.2) is 0 Å². The number of thiophene rings is 1. The van der Waals surface area contributed by atoms with Gasteiger partial charge in [-0.2, -0.15) is 0 Å². The molecule has 0 radical (unpaired) electrons. The number of carbonyl (C=O) groups is 1. The van der Waals surface area contributed by atoms with Crippen molar-refractivity contribution in [3.63, 3.8) is 0 Å². The Bertz CT molecular complexity index is 817. The first-order valence-electron chi connectivity index (χ1n) is 7.48. The average molecular weight is 311 g/mol. The second-order valence-electron chi connectivity index (χ2n) is 5.74. The second kappa shape index (κ2) is 5.25. The molecule has 1 aliphatic carbocycles. The highest BCUT2D eigenvalue weighted by Gasteiger charge is 2.34. The molecule has 3 aromatic heterocycles. The normalized spacial score (nSPS) is 14.4. The Morgan fingerprint density at radius 3 is 2.95 bits per heavy atom. The van der Waals surface area contributed by atoms with Gasteiger partial charge in [-0.3, -0.25) is 9.78 Å². The SMILES string of the molecule is Cn1c(C(=O)N(Cc2ccccn2)C2CC2)cc2sccc21. The maximum atomic E-state index is 13.0. The van der Waals surface area contributed by atoms with Gasteiger partial charge in [-0.15, -0.1) is 11.3 Å². The highest BCUT2D eigenvalue weighted by molar-refractivity contribution is 7.17. The largest absolute Gasteiger partial charge is 0.339 e. The number of amides is 1. The lowest BCUT2D eigenvalue weighted by molar-refractivity contribution is 0.0718. The lowest BCUT2D eigenvalue weighted by Crippen LogP contribution is -2.34. The van der Waals surface area contributed by atoms with Crippen LogP contribution in [0.3, 0.4) is 0 Å². The van der Waals surface area contributed by atoms with E-state index in [-0.39, 0.29) is 5.91 Å². The fraction of sp³-hybridized carbons (Fsp3) is 0.294. The van der Waals surface area contributed by atoms with Crippen molar-refractivity contribution in [1.29, 1.82) is 0 Å². The van der Waals surface area contributed by atoms with Crippen LogP contribution in [0.4, 0.5) is 0 Å². The molecule has 5 heteroatoms. The highest BCUT2D eigenvalue weighted by atomic mass is 32.1. The number of aromatic nitrogens is 2. The molecule has 0 aliphatic heterocycles. The van der Waals surface area contributed by atoms with Gasteiger partial charge in [0, 0.05) is 19.3 Å². The van der Waals surface area contributed by atoms with Crippen LogP contribution < -0.4 is 0 Å². The molecule has 4 rings (SSSR count). The van der Waals surface area contributed by atoms with Crippen LogP contribution in [0.1, 0.15) is 29.0 Å². The molecule has 112 valence electrons. The molecule has 0 aromatic carbocycles. The summed E-state index contributed by atoms with van der Waals surface area (Å²) in [6.45, 7) is 0.586. The quantitative estimate of drug-likeness (QED) is 0.740. The van der Waals surface area contributed by atoms with Crippen molar-refractivity contribution in [1.82, 2.24) is 14.5 Å². The third kappa shape index (κ3) is 2.31. The van der Waals surface area contributed by atoms with Crippen LogP contribution in [-0.4, -0.2) is 26.4 Å². The van der Waals surface area contributed by atoms with Crippen molar-refractivity contribution in [2.75, 3.05) is 0 Å².